The zero-order chi connectivity index (χ0) is 27.4. The molecule has 0 fully saturated rings. The SMILES string of the molecule is COc1cc(/C=C/C(=O)CC(=O)/C=C/c2ccc(O)c(OC(C(=O)C=C=O)C(=O)C=C=O)c2)ccc1O. The summed E-state index contributed by atoms with van der Waals surface area (Å²) in [5.74, 6) is -1.48. The zero-order valence-corrected chi connectivity index (χ0v) is 19.4. The van der Waals surface area contributed by atoms with Gasteiger partial charge in [0.25, 0.3) is 0 Å². The molecule has 0 atom stereocenters. The highest BCUT2D eigenvalue weighted by atomic mass is 16.5. The molecule has 0 spiro atoms. The van der Waals surface area contributed by atoms with Crippen molar-refractivity contribution in [3.05, 3.63) is 71.8 Å². The van der Waals surface area contributed by atoms with Gasteiger partial charge in [0.15, 0.2) is 34.6 Å². The lowest BCUT2D eigenvalue weighted by molar-refractivity contribution is -0.131. The van der Waals surface area contributed by atoms with Gasteiger partial charge in [-0.25, -0.2) is 9.59 Å². The fourth-order valence-corrected chi connectivity index (χ4v) is 2.85. The number of phenolic OH excluding ortho intramolecular Hbond substituents is 2. The van der Waals surface area contributed by atoms with E-state index in [9.17, 15) is 39.0 Å². The summed E-state index contributed by atoms with van der Waals surface area (Å²) in [5, 5.41) is 19.6. The minimum absolute atomic E-state index is 0.0570. The average Bonchev–Trinajstić information content (AvgIpc) is 2.87. The number of phenols is 2. The normalized spacial score (nSPS) is 11.3. The van der Waals surface area contributed by atoms with Crippen molar-refractivity contribution in [3.8, 4) is 23.0 Å². The summed E-state index contributed by atoms with van der Waals surface area (Å²) in [5.41, 5.74) is 0.876. The lowest BCUT2D eigenvalue weighted by Crippen LogP contribution is -2.34. The van der Waals surface area contributed by atoms with Crippen LogP contribution in [0.2, 0.25) is 0 Å². The van der Waals surface area contributed by atoms with E-state index in [0.29, 0.717) is 23.3 Å². The molecule has 0 bridgehead atoms. The number of benzene rings is 2. The number of ketones is 4. The number of aromatic hydroxyl groups is 2. The molecule has 0 saturated carbocycles. The lowest BCUT2D eigenvalue weighted by Gasteiger charge is -2.14. The van der Waals surface area contributed by atoms with Gasteiger partial charge in [0.2, 0.25) is 17.7 Å². The van der Waals surface area contributed by atoms with Crippen LogP contribution in [0.4, 0.5) is 0 Å². The molecule has 0 radical (unpaired) electrons. The molecule has 37 heavy (non-hydrogen) atoms. The topological polar surface area (TPSA) is 161 Å². The third kappa shape index (κ3) is 8.45. The first-order valence-corrected chi connectivity index (χ1v) is 10.5. The number of hydrogen-bond acceptors (Lipinski definition) is 10. The van der Waals surface area contributed by atoms with Gasteiger partial charge in [-0.15, -0.1) is 0 Å². The van der Waals surface area contributed by atoms with Gasteiger partial charge >= 0.3 is 0 Å². The first-order valence-electron chi connectivity index (χ1n) is 10.5. The largest absolute Gasteiger partial charge is 0.504 e. The Balaban J connectivity index is 2.11. The van der Waals surface area contributed by atoms with E-state index < -0.39 is 41.4 Å². The van der Waals surface area contributed by atoms with E-state index in [1.54, 1.807) is 6.07 Å². The van der Waals surface area contributed by atoms with Crippen LogP contribution in [0.5, 0.6) is 23.0 Å². The van der Waals surface area contributed by atoms with Crippen LogP contribution in [0, 0.1) is 0 Å². The second-order valence-electron chi connectivity index (χ2n) is 7.26. The molecule has 2 aromatic rings. The smallest absolute Gasteiger partial charge is 0.224 e. The Labute approximate surface area is 210 Å². The van der Waals surface area contributed by atoms with Crippen LogP contribution in [-0.4, -0.2) is 58.4 Å². The van der Waals surface area contributed by atoms with Gasteiger partial charge in [0.1, 0.15) is 11.9 Å². The molecule has 2 aromatic carbocycles. The van der Waals surface area contributed by atoms with Gasteiger partial charge in [-0.05, 0) is 47.5 Å². The molecular weight excluding hydrogens is 484 g/mol. The second-order valence-corrected chi connectivity index (χ2v) is 7.26. The fourth-order valence-electron chi connectivity index (χ4n) is 2.85. The summed E-state index contributed by atoms with van der Waals surface area (Å²) in [6, 6.07) is 8.23. The molecule has 0 unspecified atom stereocenters. The van der Waals surface area contributed by atoms with Crippen LogP contribution in [0.3, 0.4) is 0 Å². The van der Waals surface area contributed by atoms with Crippen molar-refractivity contribution in [2.24, 2.45) is 0 Å². The van der Waals surface area contributed by atoms with Crippen LogP contribution >= 0.6 is 0 Å². The van der Waals surface area contributed by atoms with E-state index in [4.69, 9.17) is 9.47 Å². The molecule has 0 aromatic heterocycles. The molecule has 0 aliphatic heterocycles. The maximum Gasteiger partial charge on any atom is 0.224 e. The third-order valence-corrected chi connectivity index (χ3v) is 4.62. The van der Waals surface area contributed by atoms with Crippen LogP contribution in [0.1, 0.15) is 17.5 Å². The van der Waals surface area contributed by atoms with E-state index in [1.165, 1.54) is 61.5 Å². The number of ether oxygens (including phenoxy) is 2. The highest BCUT2D eigenvalue weighted by Gasteiger charge is 2.27. The fraction of sp³-hybridized carbons (Fsp3) is 0.111. The average molecular weight is 504 g/mol. The number of hydrogen-bond donors (Lipinski definition) is 2. The molecule has 0 saturated heterocycles. The van der Waals surface area contributed by atoms with Gasteiger partial charge in [-0.2, -0.15) is 0 Å². The van der Waals surface area contributed by atoms with Gasteiger partial charge in [0, 0.05) is 0 Å². The van der Waals surface area contributed by atoms with Crippen molar-refractivity contribution in [3.63, 3.8) is 0 Å². The van der Waals surface area contributed by atoms with Gasteiger partial charge < -0.3 is 19.7 Å². The summed E-state index contributed by atoms with van der Waals surface area (Å²) in [4.78, 5) is 69.1. The summed E-state index contributed by atoms with van der Waals surface area (Å²) in [7, 11) is 1.38. The first-order chi connectivity index (χ1) is 17.7. The summed E-state index contributed by atoms with van der Waals surface area (Å²) < 4.78 is 10.2. The van der Waals surface area contributed by atoms with E-state index in [2.05, 4.69) is 0 Å². The molecule has 2 rings (SSSR count). The van der Waals surface area contributed by atoms with Crippen LogP contribution in [0.15, 0.2) is 60.7 Å². The quantitative estimate of drug-likeness (QED) is 0.234. The third-order valence-electron chi connectivity index (χ3n) is 4.62. The maximum atomic E-state index is 12.2. The van der Waals surface area contributed by atoms with Gasteiger partial charge in [-0.3, -0.25) is 19.2 Å². The van der Waals surface area contributed by atoms with Crippen LogP contribution in [-0.2, 0) is 28.8 Å². The molecule has 0 aliphatic carbocycles. The Morgan fingerprint density at radius 3 is 1.73 bits per heavy atom. The highest BCUT2D eigenvalue weighted by molar-refractivity contribution is 6.17. The summed E-state index contributed by atoms with van der Waals surface area (Å²) in [6.45, 7) is 0. The van der Waals surface area contributed by atoms with Crippen LogP contribution in [0.25, 0.3) is 12.2 Å². The Morgan fingerprint density at radius 2 is 1.27 bits per heavy atom. The molecule has 0 heterocycles. The van der Waals surface area contributed by atoms with Crippen molar-refractivity contribution >= 4 is 47.2 Å². The second kappa shape index (κ2) is 13.6. The Kier molecular flexibility index (Phi) is 10.2. The number of allylic oxidation sites excluding steroid dienone is 2. The molecular formula is C27H20O10. The first kappa shape index (κ1) is 27.9. The number of carbonyl (C=O) groups is 4. The minimum atomic E-state index is -1.94. The number of rotatable bonds is 13. The minimum Gasteiger partial charge on any atom is -0.504 e. The van der Waals surface area contributed by atoms with E-state index in [-0.39, 0.29) is 17.2 Å². The lowest BCUT2D eigenvalue weighted by atomic mass is 10.1. The van der Waals surface area contributed by atoms with Crippen molar-refractivity contribution in [1.82, 2.24) is 0 Å². The Morgan fingerprint density at radius 1 is 0.811 bits per heavy atom. The predicted molar refractivity (Wildman–Crippen MR) is 130 cm³/mol. The highest BCUT2D eigenvalue weighted by Crippen LogP contribution is 2.29. The number of carbonyl (C=O) groups excluding carboxylic acids is 6. The monoisotopic (exact) mass is 504 g/mol. The maximum absolute atomic E-state index is 12.2. The standard InChI is InChI=1S/C27H20O10/c1-36-25-14-17(4-8-21(25)32)2-6-19(30)16-20(31)7-3-18-5-9-22(33)26(15-18)37-27(23(34)10-12-28)24(35)11-13-29/h2-11,14-15,27,32-33H,16H2,1H3/b6-2+,7-3+. The predicted octanol–water partition coefficient (Wildman–Crippen LogP) is 2.02. The van der Waals surface area contributed by atoms with Crippen molar-refractivity contribution in [2.75, 3.05) is 7.11 Å². The van der Waals surface area contributed by atoms with E-state index in [1.807, 2.05) is 0 Å². The van der Waals surface area contributed by atoms with E-state index >= 15 is 0 Å². The molecule has 10 nitrogen and oxygen atoms in total. The number of methoxy groups -OCH3 is 1. The molecule has 188 valence electrons. The Bertz CT molecular complexity index is 1340. The zero-order valence-electron chi connectivity index (χ0n) is 19.4. The molecule has 0 aliphatic rings. The van der Waals surface area contributed by atoms with Gasteiger partial charge in [-0.1, -0.05) is 24.3 Å². The molecule has 10 heteroatoms. The van der Waals surface area contributed by atoms with Crippen molar-refractivity contribution in [1.29, 1.82) is 0 Å². The summed E-state index contributed by atoms with van der Waals surface area (Å²) >= 11 is 0. The Hall–Kier alpha value is -5.30. The summed E-state index contributed by atoms with van der Waals surface area (Å²) in [6.07, 6.45) is 3.53. The molecule has 2 N–H and O–H groups in total. The molecule has 0 amide bonds. The van der Waals surface area contributed by atoms with Crippen molar-refractivity contribution < 1.29 is 48.5 Å². The van der Waals surface area contributed by atoms with Crippen LogP contribution < -0.4 is 9.47 Å². The van der Waals surface area contributed by atoms with E-state index in [0.717, 1.165) is 12.1 Å². The van der Waals surface area contributed by atoms with Gasteiger partial charge in [0.05, 0.1) is 25.7 Å². The van der Waals surface area contributed by atoms with Crippen molar-refractivity contribution in [2.45, 2.75) is 12.5 Å².